The smallest absolute Gasteiger partial charge is 0.0481 e. The van der Waals surface area contributed by atoms with Crippen molar-refractivity contribution < 1.29 is 0 Å². The van der Waals surface area contributed by atoms with Crippen molar-refractivity contribution in [1.82, 2.24) is 4.57 Å². The molecule has 1 atom stereocenters. The Morgan fingerprint density at radius 1 is 1.24 bits per heavy atom. The Morgan fingerprint density at radius 2 is 1.86 bits per heavy atom. The second kappa shape index (κ2) is 10.1. The van der Waals surface area contributed by atoms with Crippen LogP contribution >= 0.6 is 0 Å². The first-order valence-electron chi connectivity index (χ1n) is 7.67. The van der Waals surface area contributed by atoms with Gasteiger partial charge in [0, 0.05) is 30.0 Å². The summed E-state index contributed by atoms with van der Waals surface area (Å²) in [6.07, 6.45) is 11.5. The zero-order valence-electron chi connectivity index (χ0n) is 14.2. The fourth-order valence-electron chi connectivity index (χ4n) is 2.33. The maximum absolute atomic E-state index is 5.87. The Labute approximate surface area is 130 Å². The van der Waals surface area contributed by atoms with Gasteiger partial charge in [-0.25, -0.2) is 0 Å². The molecule has 0 amide bonds. The van der Waals surface area contributed by atoms with Crippen LogP contribution in [0.1, 0.15) is 56.6 Å². The van der Waals surface area contributed by atoms with Gasteiger partial charge in [0.15, 0.2) is 0 Å². The first-order chi connectivity index (χ1) is 10.1. The van der Waals surface area contributed by atoms with Crippen molar-refractivity contribution in [2.75, 3.05) is 0 Å². The summed E-state index contributed by atoms with van der Waals surface area (Å²) in [7, 11) is 2.05. The van der Waals surface area contributed by atoms with Gasteiger partial charge in [0.05, 0.1) is 0 Å². The van der Waals surface area contributed by atoms with Crippen LogP contribution in [0.3, 0.4) is 0 Å². The number of aromatic nitrogens is 1. The molecule has 1 aromatic rings. The molecule has 21 heavy (non-hydrogen) atoms. The Bertz CT molecular complexity index is 491. The van der Waals surface area contributed by atoms with Crippen molar-refractivity contribution in [3.8, 4) is 0 Å². The maximum Gasteiger partial charge on any atom is 0.0481 e. The number of rotatable bonds is 6. The number of nitrogens with zero attached hydrogens (tertiary/aromatic N) is 1. The summed E-state index contributed by atoms with van der Waals surface area (Å²) in [6.45, 7) is 12.0. The maximum atomic E-state index is 5.87. The molecule has 1 rings (SSSR count). The first-order valence-corrected chi connectivity index (χ1v) is 7.67. The SMILES string of the molecule is C=Cc1c(CCC(C)N)c(/C=C\N)n(C)c1/C=C\C.CC. The van der Waals surface area contributed by atoms with E-state index in [-0.39, 0.29) is 6.04 Å². The van der Waals surface area contributed by atoms with Gasteiger partial charge in [-0.2, -0.15) is 0 Å². The van der Waals surface area contributed by atoms with Gasteiger partial charge in [0.2, 0.25) is 0 Å². The van der Waals surface area contributed by atoms with Crippen molar-refractivity contribution in [2.24, 2.45) is 18.5 Å². The molecule has 0 saturated carbocycles. The minimum Gasteiger partial charge on any atom is -0.405 e. The second-order valence-electron chi connectivity index (χ2n) is 4.80. The average molecular weight is 289 g/mol. The molecule has 0 aliphatic rings. The monoisotopic (exact) mass is 289 g/mol. The molecule has 118 valence electrons. The van der Waals surface area contributed by atoms with Crippen molar-refractivity contribution in [3.63, 3.8) is 0 Å². The summed E-state index contributed by atoms with van der Waals surface area (Å²) >= 11 is 0. The van der Waals surface area contributed by atoms with E-state index in [1.807, 2.05) is 53.0 Å². The molecule has 1 aromatic heterocycles. The molecule has 1 unspecified atom stereocenters. The van der Waals surface area contributed by atoms with Crippen LogP contribution in [-0.2, 0) is 13.5 Å². The van der Waals surface area contributed by atoms with Gasteiger partial charge < -0.3 is 16.0 Å². The molecule has 0 saturated heterocycles. The molecule has 0 aromatic carbocycles. The van der Waals surface area contributed by atoms with Crippen molar-refractivity contribution in [1.29, 1.82) is 0 Å². The fourth-order valence-corrected chi connectivity index (χ4v) is 2.33. The van der Waals surface area contributed by atoms with E-state index in [1.165, 1.54) is 11.1 Å². The van der Waals surface area contributed by atoms with Crippen LogP contribution in [0.5, 0.6) is 0 Å². The van der Waals surface area contributed by atoms with E-state index in [9.17, 15) is 0 Å². The highest BCUT2D eigenvalue weighted by atomic mass is 15.0. The molecule has 1 heterocycles. The van der Waals surface area contributed by atoms with Crippen molar-refractivity contribution in [2.45, 2.75) is 46.6 Å². The molecule has 0 fully saturated rings. The van der Waals surface area contributed by atoms with Crippen LogP contribution in [-0.4, -0.2) is 10.6 Å². The molecule has 3 nitrogen and oxygen atoms in total. The van der Waals surface area contributed by atoms with Crippen LogP contribution < -0.4 is 11.5 Å². The predicted molar refractivity (Wildman–Crippen MR) is 96.8 cm³/mol. The van der Waals surface area contributed by atoms with Gasteiger partial charge in [-0.1, -0.05) is 32.6 Å². The van der Waals surface area contributed by atoms with Gasteiger partial charge in [0.1, 0.15) is 0 Å². The van der Waals surface area contributed by atoms with Gasteiger partial charge >= 0.3 is 0 Å². The minimum atomic E-state index is 0.192. The van der Waals surface area contributed by atoms with E-state index in [2.05, 4.69) is 17.2 Å². The predicted octanol–water partition coefficient (Wildman–Crippen LogP) is 3.94. The third-order valence-electron chi connectivity index (χ3n) is 3.27. The van der Waals surface area contributed by atoms with Gasteiger partial charge in [0.25, 0.3) is 0 Å². The Balaban J connectivity index is 0.00000191. The summed E-state index contributed by atoms with van der Waals surface area (Å²) in [5.41, 5.74) is 16.2. The molecule has 4 N–H and O–H groups in total. The number of hydrogen-bond acceptors (Lipinski definition) is 2. The van der Waals surface area contributed by atoms with Crippen molar-refractivity contribution in [3.05, 3.63) is 41.4 Å². The average Bonchev–Trinajstić information content (AvgIpc) is 2.72. The Hall–Kier alpha value is -1.74. The van der Waals surface area contributed by atoms with E-state index < -0.39 is 0 Å². The largest absolute Gasteiger partial charge is 0.405 e. The molecule has 0 radical (unpaired) electrons. The summed E-state index contributed by atoms with van der Waals surface area (Å²) < 4.78 is 2.15. The second-order valence-corrected chi connectivity index (χ2v) is 4.80. The molecule has 0 bridgehead atoms. The lowest BCUT2D eigenvalue weighted by Crippen LogP contribution is -2.15. The van der Waals surface area contributed by atoms with E-state index in [0.29, 0.717) is 0 Å². The van der Waals surface area contributed by atoms with E-state index in [0.717, 1.165) is 24.2 Å². The fraction of sp³-hybridized carbons (Fsp3) is 0.444. The number of hydrogen-bond donors (Lipinski definition) is 2. The van der Waals surface area contributed by atoms with E-state index >= 15 is 0 Å². The number of allylic oxidation sites excluding steroid dienone is 1. The van der Waals surface area contributed by atoms with Crippen LogP contribution in [0.15, 0.2) is 18.9 Å². The lowest BCUT2D eigenvalue weighted by molar-refractivity contribution is 0.664. The lowest BCUT2D eigenvalue weighted by Gasteiger charge is -2.07. The highest BCUT2D eigenvalue weighted by Gasteiger charge is 2.15. The summed E-state index contributed by atoms with van der Waals surface area (Å²) in [5, 5.41) is 0. The summed E-state index contributed by atoms with van der Waals surface area (Å²) in [4.78, 5) is 0. The van der Waals surface area contributed by atoms with E-state index in [4.69, 9.17) is 11.5 Å². The third kappa shape index (κ3) is 4.94. The molecular formula is C18H31N3. The summed E-state index contributed by atoms with van der Waals surface area (Å²) in [5.74, 6) is 0. The van der Waals surface area contributed by atoms with Crippen LogP contribution in [0.4, 0.5) is 0 Å². The third-order valence-corrected chi connectivity index (χ3v) is 3.27. The Morgan fingerprint density at radius 3 is 2.29 bits per heavy atom. The quantitative estimate of drug-likeness (QED) is 0.833. The minimum absolute atomic E-state index is 0.192. The van der Waals surface area contributed by atoms with Crippen molar-refractivity contribution >= 4 is 18.2 Å². The van der Waals surface area contributed by atoms with Gasteiger partial charge in [-0.15, -0.1) is 0 Å². The summed E-state index contributed by atoms with van der Waals surface area (Å²) in [6, 6.07) is 0.192. The van der Waals surface area contributed by atoms with Crippen LogP contribution in [0.25, 0.3) is 18.2 Å². The van der Waals surface area contributed by atoms with Gasteiger partial charge in [-0.3, -0.25) is 0 Å². The molecule has 3 heteroatoms. The topological polar surface area (TPSA) is 57.0 Å². The van der Waals surface area contributed by atoms with Gasteiger partial charge in [-0.05, 0) is 50.6 Å². The zero-order valence-corrected chi connectivity index (χ0v) is 14.2. The van der Waals surface area contributed by atoms with E-state index in [1.54, 1.807) is 6.20 Å². The molecule has 0 aliphatic carbocycles. The highest BCUT2D eigenvalue weighted by Crippen LogP contribution is 2.27. The van der Waals surface area contributed by atoms with Crippen LogP contribution in [0, 0.1) is 0 Å². The lowest BCUT2D eigenvalue weighted by atomic mass is 10.0. The molecule has 0 aliphatic heterocycles. The molecule has 0 spiro atoms. The Kier molecular flexibility index (Phi) is 9.22. The highest BCUT2D eigenvalue weighted by molar-refractivity contribution is 5.71. The normalized spacial score (nSPS) is 12.5. The zero-order chi connectivity index (χ0) is 16.4. The van der Waals surface area contributed by atoms with Crippen LogP contribution in [0.2, 0.25) is 0 Å². The molecular weight excluding hydrogens is 258 g/mol. The first kappa shape index (κ1) is 19.3. The standard InChI is InChI=1S/C16H25N3.C2H6/c1-5-7-15-13(6-2)14(9-8-12(3)18)16(10-11-17)19(15)4;1-2/h5-7,10-12H,2,8-9,17-18H2,1,3-4H3;1-2H3/b7-5-,11-10-;. The number of nitrogens with two attached hydrogens (primary N) is 2.